The van der Waals surface area contributed by atoms with Gasteiger partial charge in [0.2, 0.25) is 5.91 Å². The first-order valence-electron chi connectivity index (χ1n) is 7.50. The Morgan fingerprint density at radius 2 is 1.78 bits per heavy atom. The summed E-state index contributed by atoms with van der Waals surface area (Å²) in [6.07, 6.45) is 0.426. The maximum Gasteiger partial charge on any atom is 0.248 e. The Kier molecular flexibility index (Phi) is 4.02. The minimum absolute atomic E-state index is 0.0122. The van der Waals surface area contributed by atoms with Crippen molar-refractivity contribution < 1.29 is 9.53 Å². The summed E-state index contributed by atoms with van der Waals surface area (Å²) >= 11 is 0. The lowest BCUT2D eigenvalue weighted by molar-refractivity contribution is -0.119. The van der Waals surface area contributed by atoms with E-state index < -0.39 is 0 Å². The van der Waals surface area contributed by atoms with E-state index in [9.17, 15) is 4.79 Å². The Hall–Kier alpha value is -2.82. The van der Waals surface area contributed by atoms with Crippen LogP contribution in [-0.4, -0.2) is 18.7 Å². The van der Waals surface area contributed by atoms with Gasteiger partial charge in [-0.2, -0.15) is 5.10 Å². The SMILES string of the molecule is COc1ccc(N2N=C(c3ccc(N)cc3)C(C)CC2=O)cc1. The topological polar surface area (TPSA) is 67.9 Å². The van der Waals surface area contributed by atoms with Gasteiger partial charge in [0.25, 0.3) is 0 Å². The summed E-state index contributed by atoms with van der Waals surface area (Å²) in [5, 5.41) is 6.05. The molecular weight excluding hydrogens is 290 g/mol. The van der Waals surface area contributed by atoms with E-state index in [-0.39, 0.29) is 11.8 Å². The van der Waals surface area contributed by atoms with E-state index in [0.717, 1.165) is 22.7 Å². The number of rotatable bonds is 3. The fourth-order valence-electron chi connectivity index (χ4n) is 2.63. The summed E-state index contributed by atoms with van der Waals surface area (Å²) in [6.45, 7) is 2.01. The van der Waals surface area contributed by atoms with Gasteiger partial charge >= 0.3 is 0 Å². The van der Waals surface area contributed by atoms with Gasteiger partial charge < -0.3 is 10.5 Å². The Labute approximate surface area is 135 Å². The smallest absolute Gasteiger partial charge is 0.248 e. The molecule has 0 aliphatic carbocycles. The van der Waals surface area contributed by atoms with Gasteiger partial charge in [-0.1, -0.05) is 19.1 Å². The molecule has 0 saturated carbocycles. The molecule has 0 fully saturated rings. The van der Waals surface area contributed by atoms with Crippen LogP contribution in [0, 0.1) is 5.92 Å². The predicted molar refractivity (Wildman–Crippen MR) is 91.7 cm³/mol. The molecule has 1 heterocycles. The number of amides is 1. The molecule has 0 bridgehead atoms. The maximum absolute atomic E-state index is 12.4. The summed E-state index contributed by atoms with van der Waals surface area (Å²) in [6, 6.07) is 14.9. The average molecular weight is 309 g/mol. The maximum atomic E-state index is 12.4. The zero-order valence-corrected chi connectivity index (χ0v) is 13.2. The number of carbonyl (C=O) groups is 1. The van der Waals surface area contributed by atoms with Crippen LogP contribution in [0.3, 0.4) is 0 Å². The highest BCUT2D eigenvalue weighted by atomic mass is 16.5. The van der Waals surface area contributed by atoms with Gasteiger partial charge in [-0.05, 0) is 42.0 Å². The van der Waals surface area contributed by atoms with E-state index >= 15 is 0 Å². The zero-order chi connectivity index (χ0) is 16.4. The third-order valence-corrected chi connectivity index (χ3v) is 3.92. The molecule has 3 rings (SSSR count). The van der Waals surface area contributed by atoms with Gasteiger partial charge in [0, 0.05) is 18.0 Å². The number of carbonyl (C=O) groups excluding carboxylic acids is 1. The molecule has 5 nitrogen and oxygen atoms in total. The van der Waals surface area contributed by atoms with Crippen molar-refractivity contribution in [3.63, 3.8) is 0 Å². The van der Waals surface area contributed by atoms with Crippen LogP contribution in [-0.2, 0) is 4.79 Å². The van der Waals surface area contributed by atoms with Crippen LogP contribution in [0.5, 0.6) is 5.75 Å². The second kappa shape index (κ2) is 6.12. The number of anilines is 2. The third kappa shape index (κ3) is 3.04. The molecule has 0 saturated heterocycles. The molecule has 0 spiro atoms. The van der Waals surface area contributed by atoms with Gasteiger partial charge in [-0.3, -0.25) is 4.79 Å². The van der Waals surface area contributed by atoms with E-state index in [4.69, 9.17) is 10.5 Å². The van der Waals surface area contributed by atoms with E-state index in [1.165, 1.54) is 5.01 Å². The molecule has 0 radical (unpaired) electrons. The van der Waals surface area contributed by atoms with Gasteiger partial charge in [0.1, 0.15) is 5.75 Å². The number of benzene rings is 2. The fraction of sp³-hybridized carbons (Fsp3) is 0.222. The molecule has 1 aliphatic heterocycles. The molecule has 1 aliphatic rings. The summed E-state index contributed by atoms with van der Waals surface area (Å²) in [5.41, 5.74) is 9.06. The Morgan fingerprint density at radius 3 is 2.39 bits per heavy atom. The Balaban J connectivity index is 1.98. The standard InChI is InChI=1S/C18H19N3O2/c1-12-11-17(22)21(15-7-9-16(23-2)10-8-15)20-18(12)13-3-5-14(19)6-4-13/h3-10,12H,11,19H2,1-2H3. The number of nitrogens with two attached hydrogens (primary N) is 1. The molecule has 0 aromatic heterocycles. The molecular formula is C18H19N3O2. The largest absolute Gasteiger partial charge is 0.497 e. The van der Waals surface area contributed by atoms with Crippen molar-refractivity contribution in [2.45, 2.75) is 13.3 Å². The minimum atomic E-state index is -0.0122. The first-order chi connectivity index (χ1) is 11.1. The fourth-order valence-corrected chi connectivity index (χ4v) is 2.63. The van der Waals surface area contributed by atoms with Crippen LogP contribution in [0.2, 0.25) is 0 Å². The van der Waals surface area contributed by atoms with E-state index in [0.29, 0.717) is 12.1 Å². The number of nitrogens with zero attached hydrogens (tertiary/aromatic N) is 2. The van der Waals surface area contributed by atoms with E-state index in [1.807, 2.05) is 55.5 Å². The molecule has 5 heteroatoms. The highest BCUT2D eigenvalue weighted by Gasteiger charge is 2.28. The van der Waals surface area contributed by atoms with Gasteiger partial charge in [-0.15, -0.1) is 0 Å². The van der Waals surface area contributed by atoms with Crippen molar-refractivity contribution in [3.8, 4) is 5.75 Å². The Bertz CT molecular complexity index is 736. The summed E-state index contributed by atoms with van der Waals surface area (Å²) in [4.78, 5) is 12.4. The Morgan fingerprint density at radius 1 is 1.13 bits per heavy atom. The zero-order valence-electron chi connectivity index (χ0n) is 13.2. The number of hydrogen-bond acceptors (Lipinski definition) is 4. The molecule has 2 aromatic carbocycles. The number of nitrogen functional groups attached to an aromatic ring is 1. The quantitative estimate of drug-likeness (QED) is 0.886. The summed E-state index contributed by atoms with van der Waals surface area (Å²) in [7, 11) is 1.61. The molecule has 23 heavy (non-hydrogen) atoms. The molecule has 1 unspecified atom stereocenters. The van der Waals surface area contributed by atoms with Crippen molar-refractivity contribution in [2.24, 2.45) is 11.0 Å². The van der Waals surface area contributed by atoms with E-state index in [2.05, 4.69) is 5.10 Å². The highest BCUT2D eigenvalue weighted by molar-refractivity contribution is 6.10. The van der Waals surface area contributed by atoms with Gasteiger partial charge in [-0.25, -0.2) is 5.01 Å². The minimum Gasteiger partial charge on any atom is -0.497 e. The van der Waals surface area contributed by atoms with Crippen LogP contribution >= 0.6 is 0 Å². The van der Waals surface area contributed by atoms with Gasteiger partial charge in [0.05, 0.1) is 18.5 Å². The normalized spacial score (nSPS) is 17.8. The number of hydrogen-bond donors (Lipinski definition) is 1. The first-order valence-corrected chi connectivity index (χ1v) is 7.50. The highest BCUT2D eigenvalue weighted by Crippen LogP contribution is 2.27. The van der Waals surface area contributed by atoms with Crippen molar-refractivity contribution in [3.05, 3.63) is 54.1 Å². The van der Waals surface area contributed by atoms with Crippen LogP contribution in [0.1, 0.15) is 18.9 Å². The number of hydrazone groups is 1. The monoisotopic (exact) mass is 309 g/mol. The lowest BCUT2D eigenvalue weighted by Gasteiger charge is -2.27. The van der Waals surface area contributed by atoms with Crippen LogP contribution in [0.25, 0.3) is 0 Å². The van der Waals surface area contributed by atoms with Crippen molar-refractivity contribution in [2.75, 3.05) is 17.9 Å². The van der Waals surface area contributed by atoms with Crippen molar-refractivity contribution >= 4 is 23.0 Å². The lowest BCUT2D eigenvalue weighted by atomic mass is 9.93. The predicted octanol–water partition coefficient (Wildman–Crippen LogP) is 3.05. The van der Waals surface area contributed by atoms with E-state index in [1.54, 1.807) is 7.11 Å². The average Bonchev–Trinajstić information content (AvgIpc) is 2.56. The number of methoxy groups -OCH3 is 1. The summed E-state index contributed by atoms with van der Waals surface area (Å²) in [5.74, 6) is 0.803. The van der Waals surface area contributed by atoms with Crippen LogP contribution < -0.4 is 15.5 Å². The van der Waals surface area contributed by atoms with Crippen molar-refractivity contribution in [1.82, 2.24) is 0 Å². The molecule has 1 atom stereocenters. The molecule has 2 N–H and O–H groups in total. The summed E-state index contributed by atoms with van der Waals surface area (Å²) < 4.78 is 5.15. The molecule has 118 valence electrons. The number of ether oxygens (including phenoxy) is 1. The lowest BCUT2D eigenvalue weighted by Crippen LogP contribution is -2.36. The molecule has 2 aromatic rings. The van der Waals surface area contributed by atoms with Gasteiger partial charge in [0.15, 0.2) is 0 Å². The van der Waals surface area contributed by atoms with Crippen LogP contribution in [0.15, 0.2) is 53.6 Å². The third-order valence-electron chi connectivity index (χ3n) is 3.92. The molecule has 1 amide bonds. The van der Waals surface area contributed by atoms with Crippen LogP contribution in [0.4, 0.5) is 11.4 Å². The first kappa shape index (κ1) is 15.1. The second-order valence-corrected chi connectivity index (χ2v) is 5.62. The van der Waals surface area contributed by atoms with Crippen molar-refractivity contribution in [1.29, 1.82) is 0 Å². The second-order valence-electron chi connectivity index (χ2n) is 5.62.